The van der Waals surface area contributed by atoms with Gasteiger partial charge < -0.3 is 15.0 Å². The van der Waals surface area contributed by atoms with Crippen molar-refractivity contribution in [2.45, 2.75) is 52.2 Å². The summed E-state index contributed by atoms with van der Waals surface area (Å²) < 4.78 is 7.32. The molecule has 0 spiro atoms. The summed E-state index contributed by atoms with van der Waals surface area (Å²) in [5.74, 6) is 1.22. The number of aryl methyl sites for hydroxylation is 2. The summed E-state index contributed by atoms with van der Waals surface area (Å²) in [6, 6.07) is 1.06. The quantitative estimate of drug-likeness (QED) is 0.789. The molecule has 1 unspecified atom stereocenters. The van der Waals surface area contributed by atoms with Crippen molar-refractivity contribution < 1.29 is 4.74 Å². The van der Waals surface area contributed by atoms with Crippen molar-refractivity contribution in [3.63, 3.8) is 0 Å². The number of nitrogens with one attached hydrogen (secondary N) is 1. The molecular formula is C15H28N4O. The Morgan fingerprint density at radius 1 is 1.50 bits per heavy atom. The third kappa shape index (κ3) is 3.33. The molecule has 1 atom stereocenters. The molecule has 1 aromatic rings. The first-order valence-electron chi connectivity index (χ1n) is 7.59. The standard InChI is InChI=1S/C15H28N4O/c1-6-19(11(2)10-20-5)15-14(9-16-13-7-8-13)12(3)17-18(15)4/h11,13,16H,6-10H2,1-5H3. The second-order valence-corrected chi connectivity index (χ2v) is 5.76. The van der Waals surface area contributed by atoms with Gasteiger partial charge in [-0.2, -0.15) is 5.10 Å². The van der Waals surface area contributed by atoms with Gasteiger partial charge in [0, 0.05) is 38.9 Å². The van der Waals surface area contributed by atoms with Gasteiger partial charge in [0.2, 0.25) is 0 Å². The highest BCUT2D eigenvalue weighted by atomic mass is 16.5. The first kappa shape index (κ1) is 15.3. The van der Waals surface area contributed by atoms with Gasteiger partial charge in [-0.05, 0) is 33.6 Å². The largest absolute Gasteiger partial charge is 0.383 e. The first-order chi connectivity index (χ1) is 9.58. The predicted octanol–water partition coefficient (Wildman–Crippen LogP) is 1.84. The highest BCUT2D eigenvalue weighted by Gasteiger charge is 2.25. The Morgan fingerprint density at radius 3 is 2.75 bits per heavy atom. The van der Waals surface area contributed by atoms with E-state index < -0.39 is 0 Å². The normalized spacial score (nSPS) is 16.4. The fraction of sp³-hybridized carbons (Fsp3) is 0.800. The first-order valence-corrected chi connectivity index (χ1v) is 7.59. The van der Waals surface area contributed by atoms with Gasteiger partial charge in [-0.1, -0.05) is 0 Å². The molecule has 2 rings (SSSR count). The second-order valence-electron chi connectivity index (χ2n) is 5.76. The van der Waals surface area contributed by atoms with Gasteiger partial charge in [-0.25, -0.2) is 0 Å². The molecule has 0 saturated heterocycles. The van der Waals surface area contributed by atoms with Crippen LogP contribution in [-0.2, 0) is 18.3 Å². The van der Waals surface area contributed by atoms with Crippen LogP contribution in [-0.4, -0.2) is 42.1 Å². The molecule has 0 radical (unpaired) electrons. The fourth-order valence-electron chi connectivity index (χ4n) is 2.79. The highest BCUT2D eigenvalue weighted by molar-refractivity contribution is 5.51. The van der Waals surface area contributed by atoms with E-state index in [-0.39, 0.29) is 0 Å². The lowest BCUT2D eigenvalue weighted by Gasteiger charge is -2.30. The summed E-state index contributed by atoms with van der Waals surface area (Å²) >= 11 is 0. The number of methoxy groups -OCH3 is 1. The van der Waals surface area contributed by atoms with Gasteiger partial charge in [0.05, 0.1) is 18.3 Å². The van der Waals surface area contributed by atoms with Crippen molar-refractivity contribution in [3.8, 4) is 0 Å². The van der Waals surface area contributed by atoms with Crippen LogP contribution in [0.4, 0.5) is 5.82 Å². The van der Waals surface area contributed by atoms with Crippen LogP contribution < -0.4 is 10.2 Å². The molecule has 1 aromatic heterocycles. The maximum absolute atomic E-state index is 5.32. The maximum atomic E-state index is 5.32. The van der Waals surface area contributed by atoms with Crippen LogP contribution in [0.15, 0.2) is 0 Å². The highest BCUT2D eigenvalue weighted by Crippen LogP contribution is 2.27. The number of nitrogens with zero attached hydrogens (tertiary/aromatic N) is 3. The molecule has 1 fully saturated rings. The molecule has 0 aliphatic heterocycles. The van der Waals surface area contributed by atoms with E-state index in [4.69, 9.17) is 4.74 Å². The van der Waals surface area contributed by atoms with Gasteiger partial charge in [0.15, 0.2) is 0 Å². The zero-order valence-corrected chi connectivity index (χ0v) is 13.4. The van der Waals surface area contributed by atoms with E-state index in [2.05, 4.69) is 36.1 Å². The van der Waals surface area contributed by atoms with E-state index in [0.29, 0.717) is 12.1 Å². The van der Waals surface area contributed by atoms with Crippen LogP contribution in [0.2, 0.25) is 0 Å². The molecule has 5 heteroatoms. The van der Waals surface area contributed by atoms with E-state index in [1.165, 1.54) is 24.2 Å². The number of hydrogen-bond donors (Lipinski definition) is 1. The van der Waals surface area contributed by atoms with Gasteiger partial charge in [0.25, 0.3) is 0 Å². The van der Waals surface area contributed by atoms with Gasteiger partial charge >= 0.3 is 0 Å². The Labute approximate surface area is 122 Å². The number of ether oxygens (including phenoxy) is 1. The predicted molar refractivity (Wildman–Crippen MR) is 82.2 cm³/mol. The lowest BCUT2D eigenvalue weighted by molar-refractivity contribution is 0.181. The number of likely N-dealkylation sites (N-methyl/N-ethyl adjacent to an activating group) is 1. The Morgan fingerprint density at radius 2 is 2.20 bits per heavy atom. The minimum absolute atomic E-state index is 0.347. The van der Waals surface area contributed by atoms with Crippen LogP contribution in [0.3, 0.4) is 0 Å². The van der Waals surface area contributed by atoms with Gasteiger partial charge in [-0.15, -0.1) is 0 Å². The summed E-state index contributed by atoms with van der Waals surface area (Å²) in [4.78, 5) is 2.38. The minimum Gasteiger partial charge on any atom is -0.383 e. The summed E-state index contributed by atoms with van der Waals surface area (Å²) in [5.41, 5.74) is 2.45. The van der Waals surface area contributed by atoms with E-state index in [9.17, 15) is 0 Å². The molecule has 0 aromatic carbocycles. The maximum Gasteiger partial charge on any atom is 0.131 e. The molecule has 20 heavy (non-hydrogen) atoms. The third-order valence-corrected chi connectivity index (χ3v) is 4.01. The van der Waals surface area contributed by atoms with Crippen molar-refractivity contribution >= 4 is 5.82 Å². The van der Waals surface area contributed by atoms with E-state index in [1.807, 2.05) is 11.7 Å². The molecule has 114 valence electrons. The molecule has 1 heterocycles. The molecule has 1 saturated carbocycles. The van der Waals surface area contributed by atoms with Crippen LogP contribution in [0.5, 0.6) is 0 Å². The van der Waals surface area contributed by atoms with Crippen LogP contribution in [0, 0.1) is 6.92 Å². The Balaban J connectivity index is 2.21. The van der Waals surface area contributed by atoms with Crippen molar-refractivity contribution in [2.75, 3.05) is 25.2 Å². The van der Waals surface area contributed by atoms with Crippen LogP contribution >= 0.6 is 0 Å². The lowest BCUT2D eigenvalue weighted by atomic mass is 10.2. The number of anilines is 1. The average molecular weight is 280 g/mol. The smallest absolute Gasteiger partial charge is 0.131 e. The van der Waals surface area contributed by atoms with Gasteiger partial charge in [-0.3, -0.25) is 4.68 Å². The molecule has 0 bridgehead atoms. The van der Waals surface area contributed by atoms with Crippen molar-refractivity contribution in [2.24, 2.45) is 7.05 Å². The molecule has 1 N–H and O–H groups in total. The Hall–Kier alpha value is -1.07. The lowest BCUT2D eigenvalue weighted by Crippen LogP contribution is -2.38. The Bertz CT molecular complexity index is 439. The molecule has 1 aliphatic rings. The summed E-state index contributed by atoms with van der Waals surface area (Å²) in [6.45, 7) is 9.09. The topological polar surface area (TPSA) is 42.3 Å². The zero-order chi connectivity index (χ0) is 14.7. The molecule has 0 amide bonds. The van der Waals surface area contributed by atoms with E-state index >= 15 is 0 Å². The fourth-order valence-corrected chi connectivity index (χ4v) is 2.79. The monoisotopic (exact) mass is 280 g/mol. The zero-order valence-electron chi connectivity index (χ0n) is 13.4. The molecular weight excluding hydrogens is 252 g/mol. The SMILES string of the molecule is CCN(c1c(CNC2CC2)c(C)nn1C)C(C)COC. The van der Waals surface area contributed by atoms with E-state index in [0.717, 1.165) is 25.4 Å². The van der Waals surface area contributed by atoms with Gasteiger partial charge in [0.1, 0.15) is 5.82 Å². The van der Waals surface area contributed by atoms with Crippen LogP contribution in [0.1, 0.15) is 37.9 Å². The second kappa shape index (κ2) is 6.59. The third-order valence-electron chi connectivity index (χ3n) is 4.01. The average Bonchev–Trinajstić information content (AvgIpc) is 3.17. The number of aromatic nitrogens is 2. The summed E-state index contributed by atoms with van der Waals surface area (Å²) in [7, 11) is 3.79. The summed E-state index contributed by atoms with van der Waals surface area (Å²) in [6.07, 6.45) is 2.62. The van der Waals surface area contributed by atoms with Crippen LogP contribution in [0.25, 0.3) is 0 Å². The number of hydrogen-bond acceptors (Lipinski definition) is 4. The Kier molecular flexibility index (Phi) is 5.05. The van der Waals surface area contributed by atoms with Crippen molar-refractivity contribution in [1.29, 1.82) is 0 Å². The number of rotatable bonds is 8. The van der Waals surface area contributed by atoms with Crippen molar-refractivity contribution in [1.82, 2.24) is 15.1 Å². The molecule has 5 nitrogen and oxygen atoms in total. The van der Waals surface area contributed by atoms with E-state index in [1.54, 1.807) is 7.11 Å². The van der Waals surface area contributed by atoms with Crippen molar-refractivity contribution in [3.05, 3.63) is 11.3 Å². The molecule has 1 aliphatic carbocycles. The minimum atomic E-state index is 0.347. The summed E-state index contributed by atoms with van der Waals surface area (Å²) in [5, 5.41) is 8.22.